The highest BCUT2D eigenvalue weighted by atomic mass is 16.5. The van der Waals surface area contributed by atoms with Gasteiger partial charge in [-0.2, -0.15) is 0 Å². The van der Waals surface area contributed by atoms with Gasteiger partial charge in [0.05, 0.1) is 0 Å². The lowest BCUT2D eigenvalue weighted by atomic mass is 9.83. The predicted molar refractivity (Wildman–Crippen MR) is 75.9 cm³/mol. The third-order valence-corrected chi connectivity index (χ3v) is 4.79. The molecular formula is C15H30N2O. The molecule has 0 bridgehead atoms. The van der Waals surface area contributed by atoms with Crippen LogP contribution in [0.5, 0.6) is 0 Å². The molecule has 0 amide bonds. The number of ether oxygens (including phenoxy) is 1. The Morgan fingerprint density at radius 2 is 1.78 bits per heavy atom. The van der Waals surface area contributed by atoms with Crippen molar-refractivity contribution in [3.63, 3.8) is 0 Å². The van der Waals surface area contributed by atoms with Crippen molar-refractivity contribution in [2.75, 3.05) is 26.3 Å². The van der Waals surface area contributed by atoms with E-state index < -0.39 is 0 Å². The summed E-state index contributed by atoms with van der Waals surface area (Å²) in [5.74, 6) is 0.702. The first kappa shape index (κ1) is 14.3. The summed E-state index contributed by atoms with van der Waals surface area (Å²) in [6.07, 6.45) is 2.35. The fourth-order valence-electron chi connectivity index (χ4n) is 3.38. The zero-order valence-corrected chi connectivity index (χ0v) is 12.8. The SMILES string of the molecule is CC(C)C1CNC(C)(C)CN1C1(C)CCOCC1. The second kappa shape index (κ2) is 5.10. The Morgan fingerprint density at radius 1 is 1.17 bits per heavy atom. The molecule has 2 aliphatic rings. The Kier molecular flexibility index (Phi) is 4.05. The average Bonchev–Trinajstić information content (AvgIpc) is 2.28. The van der Waals surface area contributed by atoms with Crippen molar-refractivity contribution in [3.8, 4) is 0 Å². The summed E-state index contributed by atoms with van der Waals surface area (Å²) < 4.78 is 5.56. The maximum absolute atomic E-state index is 5.56. The maximum atomic E-state index is 5.56. The molecule has 2 rings (SSSR count). The van der Waals surface area contributed by atoms with Crippen molar-refractivity contribution in [1.82, 2.24) is 10.2 Å². The van der Waals surface area contributed by atoms with Gasteiger partial charge >= 0.3 is 0 Å². The standard InChI is InChI=1S/C15H30N2O/c1-12(2)13-10-16-14(3,4)11-17(13)15(5)6-8-18-9-7-15/h12-13,16H,6-11H2,1-5H3. The smallest absolute Gasteiger partial charge is 0.0483 e. The number of nitrogens with one attached hydrogen (secondary N) is 1. The predicted octanol–water partition coefficient (Wildman–Crippen LogP) is 2.26. The van der Waals surface area contributed by atoms with Crippen LogP contribution in [-0.4, -0.2) is 48.3 Å². The molecule has 0 saturated carbocycles. The minimum Gasteiger partial charge on any atom is -0.381 e. The van der Waals surface area contributed by atoms with Gasteiger partial charge in [-0.25, -0.2) is 0 Å². The molecule has 0 aromatic rings. The van der Waals surface area contributed by atoms with Crippen LogP contribution >= 0.6 is 0 Å². The summed E-state index contributed by atoms with van der Waals surface area (Å²) in [5.41, 5.74) is 0.555. The summed E-state index contributed by atoms with van der Waals surface area (Å²) in [6, 6.07) is 0.654. The largest absolute Gasteiger partial charge is 0.381 e. The van der Waals surface area contributed by atoms with E-state index in [9.17, 15) is 0 Å². The highest BCUT2D eigenvalue weighted by molar-refractivity contribution is 5.01. The van der Waals surface area contributed by atoms with Crippen LogP contribution in [0, 0.1) is 5.92 Å². The Balaban J connectivity index is 2.18. The van der Waals surface area contributed by atoms with E-state index in [1.54, 1.807) is 0 Å². The minimum absolute atomic E-state index is 0.229. The lowest BCUT2D eigenvalue weighted by Crippen LogP contribution is -2.69. The molecule has 3 nitrogen and oxygen atoms in total. The first-order valence-electron chi connectivity index (χ1n) is 7.44. The Hall–Kier alpha value is -0.120. The van der Waals surface area contributed by atoms with Gasteiger partial charge < -0.3 is 10.1 Å². The molecule has 106 valence electrons. The van der Waals surface area contributed by atoms with Crippen molar-refractivity contribution in [1.29, 1.82) is 0 Å². The summed E-state index contributed by atoms with van der Waals surface area (Å²) in [7, 11) is 0. The maximum Gasteiger partial charge on any atom is 0.0483 e. The second-order valence-corrected chi connectivity index (χ2v) is 7.31. The lowest BCUT2D eigenvalue weighted by molar-refractivity contribution is -0.0726. The van der Waals surface area contributed by atoms with Gasteiger partial charge in [-0.05, 0) is 39.5 Å². The molecule has 2 saturated heterocycles. The Morgan fingerprint density at radius 3 is 2.33 bits per heavy atom. The van der Waals surface area contributed by atoms with Crippen molar-refractivity contribution >= 4 is 0 Å². The van der Waals surface area contributed by atoms with Crippen LogP contribution in [0.3, 0.4) is 0 Å². The minimum atomic E-state index is 0.229. The fraction of sp³-hybridized carbons (Fsp3) is 1.00. The van der Waals surface area contributed by atoms with E-state index >= 15 is 0 Å². The van der Waals surface area contributed by atoms with E-state index in [1.807, 2.05) is 0 Å². The van der Waals surface area contributed by atoms with Gasteiger partial charge in [0.15, 0.2) is 0 Å². The topological polar surface area (TPSA) is 24.5 Å². The molecule has 2 heterocycles. The number of nitrogens with zero attached hydrogens (tertiary/aromatic N) is 1. The highest BCUT2D eigenvalue weighted by Crippen LogP contribution is 2.34. The molecule has 2 aliphatic heterocycles. The first-order valence-corrected chi connectivity index (χ1v) is 7.44. The molecule has 0 spiro atoms. The van der Waals surface area contributed by atoms with Gasteiger partial charge in [-0.15, -0.1) is 0 Å². The number of piperazine rings is 1. The first-order chi connectivity index (χ1) is 8.34. The van der Waals surface area contributed by atoms with E-state index in [2.05, 4.69) is 44.8 Å². The van der Waals surface area contributed by atoms with Crippen LogP contribution in [-0.2, 0) is 4.74 Å². The van der Waals surface area contributed by atoms with Crippen LogP contribution in [0.2, 0.25) is 0 Å². The molecule has 1 N–H and O–H groups in total. The molecule has 0 aromatic carbocycles. The number of rotatable bonds is 2. The van der Waals surface area contributed by atoms with E-state index in [-0.39, 0.29) is 5.54 Å². The van der Waals surface area contributed by atoms with E-state index in [0.717, 1.165) is 26.3 Å². The highest BCUT2D eigenvalue weighted by Gasteiger charge is 2.43. The van der Waals surface area contributed by atoms with Crippen molar-refractivity contribution in [2.24, 2.45) is 5.92 Å². The van der Waals surface area contributed by atoms with Crippen LogP contribution in [0.15, 0.2) is 0 Å². The van der Waals surface area contributed by atoms with Crippen LogP contribution in [0.1, 0.15) is 47.5 Å². The van der Waals surface area contributed by atoms with E-state index in [1.165, 1.54) is 12.8 Å². The number of hydrogen-bond acceptors (Lipinski definition) is 3. The second-order valence-electron chi connectivity index (χ2n) is 7.31. The lowest BCUT2D eigenvalue weighted by Gasteiger charge is -2.55. The fourth-order valence-corrected chi connectivity index (χ4v) is 3.38. The van der Waals surface area contributed by atoms with Gasteiger partial charge in [0.2, 0.25) is 0 Å². The average molecular weight is 254 g/mol. The van der Waals surface area contributed by atoms with Gasteiger partial charge in [-0.3, -0.25) is 4.90 Å². The Labute approximate surface area is 112 Å². The van der Waals surface area contributed by atoms with Crippen LogP contribution < -0.4 is 5.32 Å². The quantitative estimate of drug-likeness (QED) is 0.818. The van der Waals surface area contributed by atoms with Crippen LogP contribution in [0.25, 0.3) is 0 Å². The van der Waals surface area contributed by atoms with Crippen molar-refractivity contribution < 1.29 is 4.74 Å². The molecule has 0 aliphatic carbocycles. The summed E-state index contributed by atoms with van der Waals surface area (Å²) >= 11 is 0. The molecule has 3 heteroatoms. The zero-order chi connectivity index (χ0) is 13.4. The van der Waals surface area contributed by atoms with E-state index in [4.69, 9.17) is 4.74 Å². The third-order valence-electron chi connectivity index (χ3n) is 4.79. The molecule has 0 radical (unpaired) electrons. The van der Waals surface area contributed by atoms with Gasteiger partial charge in [0.25, 0.3) is 0 Å². The summed E-state index contributed by atoms with van der Waals surface area (Å²) in [4.78, 5) is 2.77. The monoisotopic (exact) mass is 254 g/mol. The Bertz CT molecular complexity index is 282. The zero-order valence-electron chi connectivity index (χ0n) is 12.8. The molecule has 1 atom stereocenters. The molecule has 1 unspecified atom stereocenters. The normalized spacial score (nSPS) is 32.7. The van der Waals surface area contributed by atoms with Gasteiger partial charge in [-0.1, -0.05) is 13.8 Å². The van der Waals surface area contributed by atoms with Gasteiger partial charge in [0.1, 0.15) is 0 Å². The molecule has 2 fully saturated rings. The molecule has 0 aromatic heterocycles. The van der Waals surface area contributed by atoms with E-state index in [0.29, 0.717) is 17.5 Å². The summed E-state index contributed by atoms with van der Waals surface area (Å²) in [6.45, 7) is 15.9. The third kappa shape index (κ3) is 2.89. The summed E-state index contributed by atoms with van der Waals surface area (Å²) in [5, 5.41) is 3.70. The number of hydrogen-bond donors (Lipinski definition) is 1. The van der Waals surface area contributed by atoms with Crippen molar-refractivity contribution in [2.45, 2.75) is 64.6 Å². The molecular weight excluding hydrogens is 224 g/mol. The molecule has 18 heavy (non-hydrogen) atoms. The van der Waals surface area contributed by atoms with Crippen molar-refractivity contribution in [3.05, 3.63) is 0 Å². The van der Waals surface area contributed by atoms with Crippen LogP contribution in [0.4, 0.5) is 0 Å². The van der Waals surface area contributed by atoms with Gasteiger partial charge in [0, 0.05) is 43.4 Å².